The molecule has 0 spiro atoms. The number of hydrogen-bond acceptors (Lipinski definition) is 4. The molecule has 2 N–H and O–H groups in total. The monoisotopic (exact) mass is 574 g/mol. The maximum absolute atomic E-state index is 12.2. The average Bonchev–Trinajstić information content (AvgIpc) is 2.81. The Balaban J connectivity index is 0.00000408. The van der Waals surface area contributed by atoms with E-state index in [0.29, 0.717) is 18.7 Å². The molecule has 0 radical (unpaired) electrons. The van der Waals surface area contributed by atoms with E-state index in [1.54, 1.807) is 19.0 Å². The van der Waals surface area contributed by atoms with Crippen molar-refractivity contribution in [3.05, 3.63) is 71.3 Å². The smallest absolute Gasteiger partial charge is 0.253 e. The van der Waals surface area contributed by atoms with Crippen LogP contribution in [0.1, 0.15) is 28.4 Å². The Bertz CT molecular complexity index is 1130. The lowest BCUT2D eigenvalue weighted by atomic mass is 10.1. The molecule has 0 bridgehead atoms. The van der Waals surface area contributed by atoms with Gasteiger partial charge in [-0.05, 0) is 48.7 Å². The van der Waals surface area contributed by atoms with Crippen molar-refractivity contribution in [2.75, 3.05) is 46.2 Å². The summed E-state index contributed by atoms with van der Waals surface area (Å²) in [5.41, 5.74) is 3.93. The van der Waals surface area contributed by atoms with Crippen molar-refractivity contribution in [1.29, 1.82) is 0 Å². The standard InChI is InChI=1S/C26H34N6O.HI/c1-6-27-26(28-15-14-19-10-9-11-20(16-19)25(33)32(4)5)29-18-21-17-24(31(2)3)30-23-13-8-7-12-22(21)23;/h7-13,16-17H,6,14-15,18H2,1-5H3,(H2,27,28,29);1H. The van der Waals surface area contributed by atoms with E-state index in [1.807, 2.05) is 61.5 Å². The van der Waals surface area contributed by atoms with Gasteiger partial charge in [-0.3, -0.25) is 4.79 Å². The third-order valence-electron chi connectivity index (χ3n) is 5.28. The highest BCUT2D eigenvalue weighted by Gasteiger charge is 2.09. The molecule has 8 heteroatoms. The van der Waals surface area contributed by atoms with Crippen LogP contribution in [-0.2, 0) is 13.0 Å². The number of para-hydroxylation sites is 1. The third-order valence-corrected chi connectivity index (χ3v) is 5.28. The van der Waals surface area contributed by atoms with E-state index in [2.05, 4.69) is 29.7 Å². The number of hydrogen-bond donors (Lipinski definition) is 2. The lowest BCUT2D eigenvalue weighted by Gasteiger charge is -2.15. The van der Waals surface area contributed by atoms with Crippen molar-refractivity contribution < 1.29 is 4.79 Å². The van der Waals surface area contributed by atoms with Crippen molar-refractivity contribution >= 4 is 52.6 Å². The normalized spacial score (nSPS) is 11.0. The second-order valence-electron chi connectivity index (χ2n) is 8.32. The second-order valence-corrected chi connectivity index (χ2v) is 8.32. The Kier molecular flexibility index (Phi) is 10.6. The summed E-state index contributed by atoms with van der Waals surface area (Å²) in [7, 11) is 7.53. The van der Waals surface area contributed by atoms with Crippen LogP contribution in [0.15, 0.2) is 59.6 Å². The quantitative estimate of drug-likeness (QED) is 0.243. The van der Waals surface area contributed by atoms with Crippen LogP contribution in [0.2, 0.25) is 0 Å². The van der Waals surface area contributed by atoms with Crippen molar-refractivity contribution in [3.63, 3.8) is 0 Å². The predicted octanol–water partition coefficient (Wildman–Crippen LogP) is 3.92. The van der Waals surface area contributed by atoms with Gasteiger partial charge in [0.05, 0.1) is 12.1 Å². The number of nitrogens with one attached hydrogen (secondary N) is 2. The molecule has 1 amide bonds. The fourth-order valence-corrected chi connectivity index (χ4v) is 3.54. The number of halogens is 1. The molecule has 7 nitrogen and oxygen atoms in total. The van der Waals surface area contributed by atoms with Crippen LogP contribution in [0.4, 0.5) is 5.82 Å². The summed E-state index contributed by atoms with van der Waals surface area (Å²) in [6.45, 7) is 4.09. The zero-order valence-electron chi connectivity index (χ0n) is 20.6. The zero-order valence-corrected chi connectivity index (χ0v) is 23.0. The Morgan fingerprint density at radius 3 is 2.47 bits per heavy atom. The fourth-order valence-electron chi connectivity index (χ4n) is 3.54. The first-order chi connectivity index (χ1) is 15.9. The average molecular weight is 575 g/mol. The Morgan fingerprint density at radius 2 is 1.76 bits per heavy atom. The number of aromatic nitrogens is 1. The van der Waals surface area contributed by atoms with Gasteiger partial charge in [0.1, 0.15) is 5.82 Å². The number of benzene rings is 2. The van der Waals surface area contributed by atoms with Crippen LogP contribution in [0.3, 0.4) is 0 Å². The molecule has 0 saturated heterocycles. The van der Waals surface area contributed by atoms with Gasteiger partial charge in [0, 0.05) is 52.2 Å². The van der Waals surface area contributed by atoms with Gasteiger partial charge in [-0.25, -0.2) is 9.98 Å². The van der Waals surface area contributed by atoms with Gasteiger partial charge in [-0.15, -0.1) is 24.0 Å². The van der Waals surface area contributed by atoms with E-state index in [0.717, 1.165) is 46.8 Å². The van der Waals surface area contributed by atoms with E-state index in [4.69, 9.17) is 9.98 Å². The van der Waals surface area contributed by atoms with Crippen molar-refractivity contribution in [1.82, 2.24) is 20.5 Å². The molecule has 2 aromatic carbocycles. The van der Waals surface area contributed by atoms with Gasteiger partial charge in [0.15, 0.2) is 5.96 Å². The van der Waals surface area contributed by atoms with Gasteiger partial charge < -0.3 is 20.4 Å². The maximum atomic E-state index is 12.2. The lowest BCUT2D eigenvalue weighted by molar-refractivity contribution is 0.0827. The molecule has 0 aliphatic heterocycles. The number of amides is 1. The van der Waals surface area contributed by atoms with Crippen LogP contribution in [-0.4, -0.2) is 63.0 Å². The molecule has 34 heavy (non-hydrogen) atoms. The van der Waals surface area contributed by atoms with Crippen LogP contribution in [0, 0.1) is 0 Å². The van der Waals surface area contributed by atoms with E-state index in [9.17, 15) is 4.79 Å². The van der Waals surface area contributed by atoms with E-state index in [1.165, 1.54) is 0 Å². The van der Waals surface area contributed by atoms with Gasteiger partial charge in [0.2, 0.25) is 0 Å². The summed E-state index contributed by atoms with van der Waals surface area (Å²) in [5, 5.41) is 7.85. The summed E-state index contributed by atoms with van der Waals surface area (Å²) >= 11 is 0. The predicted molar refractivity (Wildman–Crippen MR) is 152 cm³/mol. The summed E-state index contributed by atoms with van der Waals surface area (Å²) in [4.78, 5) is 25.4. The highest BCUT2D eigenvalue weighted by molar-refractivity contribution is 14.0. The molecule has 1 aromatic heterocycles. The second kappa shape index (κ2) is 13.1. The van der Waals surface area contributed by atoms with Crippen molar-refractivity contribution in [2.24, 2.45) is 4.99 Å². The number of aliphatic imine (C=N–C) groups is 1. The number of anilines is 1. The van der Waals surface area contributed by atoms with Crippen LogP contribution in [0.5, 0.6) is 0 Å². The summed E-state index contributed by atoms with van der Waals surface area (Å²) < 4.78 is 0. The number of carbonyl (C=O) groups excluding carboxylic acids is 1. The third kappa shape index (κ3) is 7.31. The van der Waals surface area contributed by atoms with E-state index < -0.39 is 0 Å². The molecule has 3 aromatic rings. The first-order valence-electron chi connectivity index (χ1n) is 11.3. The van der Waals surface area contributed by atoms with E-state index in [-0.39, 0.29) is 29.9 Å². The minimum Gasteiger partial charge on any atom is -0.363 e. The maximum Gasteiger partial charge on any atom is 0.253 e. The number of rotatable bonds is 8. The van der Waals surface area contributed by atoms with Gasteiger partial charge in [0.25, 0.3) is 5.91 Å². The number of nitrogens with zero attached hydrogens (tertiary/aromatic N) is 4. The van der Waals surface area contributed by atoms with Crippen LogP contribution in [0.25, 0.3) is 10.9 Å². The Morgan fingerprint density at radius 1 is 1.00 bits per heavy atom. The summed E-state index contributed by atoms with van der Waals surface area (Å²) in [5.74, 6) is 1.70. The molecule has 0 atom stereocenters. The topological polar surface area (TPSA) is 72.9 Å². The molecular weight excluding hydrogens is 539 g/mol. The van der Waals surface area contributed by atoms with Gasteiger partial charge >= 0.3 is 0 Å². The minimum absolute atomic E-state index is 0. The molecule has 182 valence electrons. The molecule has 0 unspecified atom stereocenters. The largest absolute Gasteiger partial charge is 0.363 e. The van der Waals surface area contributed by atoms with Gasteiger partial charge in [-0.1, -0.05) is 30.3 Å². The first-order valence-corrected chi connectivity index (χ1v) is 11.3. The summed E-state index contributed by atoms with van der Waals surface area (Å²) in [6.07, 6.45) is 0.794. The first kappa shape index (κ1) is 27.4. The molecular formula is C26H35IN6O. The SMILES string of the molecule is CCNC(=NCc1cc(N(C)C)nc2ccccc12)NCCc1cccc(C(=O)N(C)C)c1.I. The lowest BCUT2D eigenvalue weighted by Crippen LogP contribution is -2.38. The molecule has 0 aliphatic carbocycles. The van der Waals surface area contributed by atoms with Crippen LogP contribution >= 0.6 is 24.0 Å². The van der Waals surface area contributed by atoms with Gasteiger partial charge in [-0.2, -0.15) is 0 Å². The van der Waals surface area contributed by atoms with Crippen molar-refractivity contribution in [2.45, 2.75) is 19.9 Å². The van der Waals surface area contributed by atoms with Crippen molar-refractivity contribution in [3.8, 4) is 0 Å². The molecule has 0 fully saturated rings. The highest BCUT2D eigenvalue weighted by atomic mass is 127. The Labute approximate surface area is 219 Å². The molecule has 1 heterocycles. The van der Waals surface area contributed by atoms with E-state index >= 15 is 0 Å². The number of carbonyl (C=O) groups is 1. The fraction of sp³-hybridized carbons (Fsp3) is 0.346. The number of pyridine rings is 1. The molecule has 0 aliphatic rings. The molecule has 0 saturated carbocycles. The number of fused-ring (bicyclic) bond motifs is 1. The summed E-state index contributed by atoms with van der Waals surface area (Å²) in [6, 6.07) is 18.1. The minimum atomic E-state index is 0. The number of guanidine groups is 1. The highest BCUT2D eigenvalue weighted by Crippen LogP contribution is 2.22. The van der Waals surface area contributed by atoms with Crippen LogP contribution < -0.4 is 15.5 Å². The molecule has 3 rings (SSSR count). The zero-order chi connectivity index (χ0) is 23.8. The Hall–Kier alpha value is -2.88.